The Balaban J connectivity index is 1.66. The highest BCUT2D eigenvalue weighted by molar-refractivity contribution is 7.73. The number of allylic oxidation sites excluding steroid dienone is 3. The van der Waals surface area contributed by atoms with Gasteiger partial charge in [0.15, 0.2) is 6.23 Å². The minimum absolute atomic E-state index is 0.0165. The first kappa shape index (κ1) is 22.8. The van der Waals surface area contributed by atoms with Gasteiger partial charge < -0.3 is 4.74 Å². The Morgan fingerprint density at radius 3 is 2.12 bits per heavy atom. The fourth-order valence-corrected chi connectivity index (χ4v) is 9.06. The van der Waals surface area contributed by atoms with Crippen molar-refractivity contribution in [2.24, 2.45) is 22.7 Å². The number of ether oxygens (including phenoxy) is 1. The third kappa shape index (κ3) is 4.66. The SMILES string of the molecule is C=C1CCCCC2=CC[C@H]2C(P(c2ccccc2)c2ccccc2)C1C1=NC(C(C)C)OC1. The molecule has 2 nitrogen and oxygen atoms in total. The fourth-order valence-electron chi connectivity index (χ4n) is 5.73. The second kappa shape index (κ2) is 10.1. The van der Waals surface area contributed by atoms with Crippen molar-refractivity contribution in [3.8, 4) is 0 Å². The number of hydrogen-bond donors (Lipinski definition) is 0. The van der Waals surface area contributed by atoms with Crippen LogP contribution in [0.3, 0.4) is 0 Å². The van der Waals surface area contributed by atoms with Crippen molar-refractivity contribution < 1.29 is 4.74 Å². The fraction of sp³-hybridized carbons (Fsp3) is 0.433. The van der Waals surface area contributed by atoms with Crippen LogP contribution in [0.15, 0.2) is 89.5 Å². The molecule has 0 amide bonds. The highest BCUT2D eigenvalue weighted by atomic mass is 31.1. The zero-order chi connectivity index (χ0) is 22.8. The summed E-state index contributed by atoms with van der Waals surface area (Å²) in [5, 5.41) is 2.93. The van der Waals surface area contributed by atoms with Gasteiger partial charge in [0.05, 0.1) is 6.61 Å². The van der Waals surface area contributed by atoms with Crippen LogP contribution in [0, 0.1) is 17.8 Å². The molecule has 1 fully saturated rings. The number of hydrogen-bond acceptors (Lipinski definition) is 2. The molecule has 2 aromatic carbocycles. The van der Waals surface area contributed by atoms with Gasteiger partial charge >= 0.3 is 0 Å². The van der Waals surface area contributed by atoms with E-state index in [0.29, 0.717) is 24.1 Å². The minimum atomic E-state index is -0.574. The molecule has 0 bridgehead atoms. The zero-order valence-corrected chi connectivity index (χ0v) is 20.9. The van der Waals surface area contributed by atoms with Crippen LogP contribution in [0.1, 0.15) is 46.0 Å². The first-order chi connectivity index (χ1) is 16.1. The van der Waals surface area contributed by atoms with Crippen molar-refractivity contribution in [1.29, 1.82) is 0 Å². The summed E-state index contributed by atoms with van der Waals surface area (Å²) in [6.07, 6.45) is 8.51. The zero-order valence-electron chi connectivity index (χ0n) is 20.0. The number of benzene rings is 2. The van der Waals surface area contributed by atoms with Crippen LogP contribution in [0.5, 0.6) is 0 Å². The van der Waals surface area contributed by atoms with E-state index in [1.54, 1.807) is 5.57 Å². The summed E-state index contributed by atoms with van der Waals surface area (Å²) in [5.41, 5.74) is 4.78. The maximum absolute atomic E-state index is 6.20. The van der Waals surface area contributed by atoms with E-state index < -0.39 is 7.92 Å². The van der Waals surface area contributed by atoms with Crippen molar-refractivity contribution in [3.63, 3.8) is 0 Å². The van der Waals surface area contributed by atoms with Crippen molar-refractivity contribution in [2.75, 3.05) is 6.61 Å². The molecule has 3 unspecified atom stereocenters. The largest absolute Gasteiger partial charge is 0.350 e. The Morgan fingerprint density at radius 2 is 1.58 bits per heavy atom. The van der Waals surface area contributed by atoms with Crippen LogP contribution in [0.4, 0.5) is 0 Å². The molecule has 0 saturated heterocycles. The van der Waals surface area contributed by atoms with Crippen molar-refractivity contribution in [1.82, 2.24) is 0 Å². The molecule has 0 radical (unpaired) electrons. The summed E-state index contributed by atoms with van der Waals surface area (Å²) in [6.45, 7) is 9.78. The van der Waals surface area contributed by atoms with Gasteiger partial charge in [-0.05, 0) is 62.5 Å². The first-order valence-electron chi connectivity index (χ1n) is 12.6. The molecule has 1 aliphatic heterocycles. The topological polar surface area (TPSA) is 21.6 Å². The summed E-state index contributed by atoms with van der Waals surface area (Å²) in [4.78, 5) is 5.19. The van der Waals surface area contributed by atoms with Gasteiger partial charge in [0.25, 0.3) is 0 Å². The molecule has 4 atom stereocenters. The summed E-state index contributed by atoms with van der Waals surface area (Å²) in [5.74, 6) is 1.29. The van der Waals surface area contributed by atoms with Crippen LogP contribution >= 0.6 is 7.92 Å². The minimum Gasteiger partial charge on any atom is -0.350 e. The smallest absolute Gasteiger partial charge is 0.151 e. The van der Waals surface area contributed by atoms with Crippen molar-refractivity contribution in [2.45, 2.75) is 57.8 Å². The van der Waals surface area contributed by atoms with Gasteiger partial charge in [0, 0.05) is 17.3 Å². The number of aliphatic imine (C=N–C) groups is 1. The molecule has 33 heavy (non-hydrogen) atoms. The van der Waals surface area contributed by atoms with Gasteiger partial charge in [0.2, 0.25) is 0 Å². The van der Waals surface area contributed by atoms with E-state index in [9.17, 15) is 0 Å². The summed E-state index contributed by atoms with van der Waals surface area (Å²) >= 11 is 0. The maximum atomic E-state index is 6.20. The highest BCUT2D eigenvalue weighted by Gasteiger charge is 2.45. The van der Waals surface area contributed by atoms with Gasteiger partial charge in [0.1, 0.15) is 0 Å². The Labute approximate surface area is 200 Å². The molecule has 1 heterocycles. The number of fused-ring (bicyclic) bond motifs is 1. The van der Waals surface area contributed by atoms with E-state index in [-0.39, 0.29) is 12.1 Å². The molecule has 0 N–H and O–H groups in total. The molecule has 3 aliphatic rings. The molecule has 3 heteroatoms. The van der Waals surface area contributed by atoms with E-state index in [2.05, 4.69) is 80.6 Å². The number of nitrogens with zero attached hydrogens (tertiary/aromatic N) is 1. The maximum Gasteiger partial charge on any atom is 0.151 e. The van der Waals surface area contributed by atoms with E-state index >= 15 is 0 Å². The van der Waals surface area contributed by atoms with Crippen molar-refractivity contribution >= 4 is 24.2 Å². The summed E-state index contributed by atoms with van der Waals surface area (Å²) < 4.78 is 6.20. The highest BCUT2D eigenvalue weighted by Crippen LogP contribution is 2.55. The molecule has 2 aromatic rings. The van der Waals surface area contributed by atoms with E-state index in [4.69, 9.17) is 16.3 Å². The van der Waals surface area contributed by atoms with E-state index in [0.717, 1.165) is 6.42 Å². The van der Waals surface area contributed by atoms with Crippen LogP contribution < -0.4 is 10.6 Å². The normalized spacial score (nSPS) is 27.8. The monoisotopic (exact) mass is 457 g/mol. The average molecular weight is 458 g/mol. The lowest BCUT2D eigenvalue weighted by Gasteiger charge is -2.44. The quantitative estimate of drug-likeness (QED) is 0.365. The molecular weight excluding hydrogens is 421 g/mol. The average Bonchev–Trinajstić information content (AvgIpc) is 3.30. The molecule has 172 valence electrons. The van der Waals surface area contributed by atoms with Crippen molar-refractivity contribution in [3.05, 3.63) is 84.5 Å². The van der Waals surface area contributed by atoms with Crippen LogP contribution in [-0.4, -0.2) is 24.2 Å². The van der Waals surface area contributed by atoms with E-state index in [1.807, 2.05) is 0 Å². The Hall–Kier alpha value is -2.02. The predicted molar refractivity (Wildman–Crippen MR) is 142 cm³/mol. The van der Waals surface area contributed by atoms with Crippen LogP contribution in [-0.2, 0) is 4.74 Å². The van der Waals surface area contributed by atoms with Gasteiger partial charge in [-0.15, -0.1) is 0 Å². The molecule has 0 spiro atoms. The first-order valence-corrected chi connectivity index (χ1v) is 14.0. The molecule has 1 saturated carbocycles. The standard InChI is InChI=1S/C30H36NOP/c1-21(2)30-31-27(20-32-30)28-22(3)12-10-11-13-23-18-19-26(23)29(28)33(24-14-6-4-7-15-24)25-16-8-5-9-17-25/h4-9,14-18,21,26,28-30H,3,10-13,19-20H2,1-2H3/t26-,28?,29?,30?/m1/s1. The summed E-state index contributed by atoms with van der Waals surface area (Å²) in [6, 6.07) is 22.5. The van der Waals surface area contributed by atoms with Crippen LogP contribution in [0.25, 0.3) is 0 Å². The third-order valence-electron chi connectivity index (χ3n) is 7.51. The molecule has 5 rings (SSSR count). The summed E-state index contributed by atoms with van der Waals surface area (Å²) in [7, 11) is -0.574. The molecular formula is C30H36NOP. The lowest BCUT2D eigenvalue weighted by atomic mass is 9.74. The van der Waals surface area contributed by atoms with Gasteiger partial charge in [-0.25, -0.2) is 0 Å². The lowest BCUT2D eigenvalue weighted by molar-refractivity contribution is 0.0725. The number of rotatable bonds is 5. The lowest BCUT2D eigenvalue weighted by Crippen LogP contribution is -2.41. The Morgan fingerprint density at radius 1 is 0.939 bits per heavy atom. The van der Waals surface area contributed by atoms with Crippen LogP contribution in [0.2, 0.25) is 0 Å². The molecule has 2 aliphatic carbocycles. The predicted octanol–water partition coefficient (Wildman–Crippen LogP) is 6.63. The van der Waals surface area contributed by atoms with E-state index in [1.165, 1.54) is 47.6 Å². The van der Waals surface area contributed by atoms with Gasteiger partial charge in [-0.3, -0.25) is 4.99 Å². The van der Waals surface area contributed by atoms with Gasteiger partial charge in [-0.2, -0.15) is 0 Å². The second-order valence-electron chi connectivity index (χ2n) is 10.1. The second-order valence-corrected chi connectivity index (χ2v) is 12.4. The van der Waals surface area contributed by atoms with Gasteiger partial charge in [-0.1, -0.05) is 98.3 Å². The Kier molecular flexibility index (Phi) is 6.95. The third-order valence-corrected chi connectivity index (χ3v) is 10.5. The Bertz CT molecular complexity index is 986. The molecule has 0 aromatic heterocycles.